The summed E-state index contributed by atoms with van der Waals surface area (Å²) in [4.78, 5) is 22.8. The number of halogens is 6. The summed E-state index contributed by atoms with van der Waals surface area (Å²) in [5, 5.41) is 11.8. The van der Waals surface area contributed by atoms with Crippen LogP contribution in [-0.4, -0.2) is 29.3 Å². The predicted octanol–water partition coefficient (Wildman–Crippen LogP) is 6.57. The first-order valence-electron chi connectivity index (χ1n) is 11.5. The molecule has 198 valence electrons. The third kappa shape index (κ3) is 6.41. The van der Waals surface area contributed by atoms with Crippen LogP contribution >= 0.6 is 0 Å². The van der Waals surface area contributed by atoms with Gasteiger partial charge in [-0.2, -0.15) is 26.3 Å². The molecule has 0 aliphatic heterocycles. The van der Waals surface area contributed by atoms with Crippen LogP contribution in [0.15, 0.2) is 30.3 Å². The minimum Gasteiger partial charge on any atom is -0.490 e. The molecule has 1 unspecified atom stereocenters. The number of carboxylic acids is 1. The lowest BCUT2D eigenvalue weighted by Gasteiger charge is -2.32. The minimum atomic E-state index is -4.80. The summed E-state index contributed by atoms with van der Waals surface area (Å²) in [5.74, 6) is -3.44. The summed E-state index contributed by atoms with van der Waals surface area (Å²) in [5.41, 5.74) is -1.74. The van der Waals surface area contributed by atoms with E-state index in [1.165, 1.54) is 31.2 Å². The molecular weight excluding hydrogens is 492 g/mol. The summed E-state index contributed by atoms with van der Waals surface area (Å²) in [6.45, 7) is 2.85. The van der Waals surface area contributed by atoms with E-state index in [4.69, 9.17) is 9.84 Å². The van der Waals surface area contributed by atoms with E-state index in [0.717, 1.165) is 6.07 Å². The van der Waals surface area contributed by atoms with E-state index >= 15 is 0 Å². The van der Waals surface area contributed by atoms with Gasteiger partial charge in [-0.05, 0) is 67.5 Å². The maximum absolute atomic E-state index is 14.1. The van der Waals surface area contributed by atoms with Crippen molar-refractivity contribution >= 4 is 22.6 Å². The Bertz CT molecular complexity index is 1120. The molecule has 0 heterocycles. The monoisotopic (exact) mass is 519 g/mol. The summed E-state index contributed by atoms with van der Waals surface area (Å²) < 4.78 is 86.7. The first-order valence-corrected chi connectivity index (χ1v) is 11.5. The molecule has 1 fully saturated rings. The molecule has 2 N–H and O–H groups in total. The van der Waals surface area contributed by atoms with Crippen LogP contribution in [0.4, 0.5) is 26.3 Å². The molecule has 2 aromatic carbocycles. The Morgan fingerprint density at radius 2 is 1.67 bits per heavy atom. The molecular formula is C25H27F6NO4. The van der Waals surface area contributed by atoms with Crippen molar-refractivity contribution < 1.29 is 45.8 Å². The van der Waals surface area contributed by atoms with E-state index in [-0.39, 0.29) is 49.3 Å². The van der Waals surface area contributed by atoms with Crippen LogP contribution in [0.25, 0.3) is 10.8 Å². The smallest absolute Gasteiger partial charge is 0.420 e. The third-order valence-electron chi connectivity index (χ3n) is 6.62. The second-order valence-corrected chi connectivity index (χ2v) is 9.41. The second-order valence-electron chi connectivity index (χ2n) is 9.41. The molecule has 1 aliphatic carbocycles. The van der Waals surface area contributed by atoms with Crippen LogP contribution in [0.2, 0.25) is 0 Å². The Hall–Kier alpha value is -2.98. The molecule has 1 amide bonds. The standard InChI is InChI=1S/C25H27F6NO4/c1-14(33)32-23(2,12-11-21(34)35)17-6-9-19-15(13-17)3-10-20(22(19)25(29,30)31)36-18-7-4-16(5-8-18)24(26,27)28/h3,6,9-10,13,16,18H,4-5,7-8,11-12H2,1-2H3,(H,32,33)(H,34,35). The van der Waals surface area contributed by atoms with E-state index in [1.807, 2.05) is 0 Å². The number of amides is 1. The van der Waals surface area contributed by atoms with Crippen molar-refractivity contribution in [2.24, 2.45) is 5.92 Å². The first kappa shape index (κ1) is 27.6. The van der Waals surface area contributed by atoms with Crippen molar-refractivity contribution in [1.29, 1.82) is 0 Å². The van der Waals surface area contributed by atoms with Crippen LogP contribution in [0.3, 0.4) is 0 Å². The van der Waals surface area contributed by atoms with Gasteiger partial charge in [-0.15, -0.1) is 0 Å². The van der Waals surface area contributed by atoms with E-state index in [1.54, 1.807) is 6.92 Å². The van der Waals surface area contributed by atoms with Crippen molar-refractivity contribution in [3.63, 3.8) is 0 Å². The van der Waals surface area contributed by atoms with Crippen molar-refractivity contribution in [1.82, 2.24) is 5.32 Å². The van der Waals surface area contributed by atoms with E-state index < -0.39 is 53.1 Å². The second kappa shape index (κ2) is 10.2. The Morgan fingerprint density at radius 3 is 2.19 bits per heavy atom. The molecule has 2 aromatic rings. The predicted molar refractivity (Wildman–Crippen MR) is 119 cm³/mol. The molecule has 1 atom stereocenters. The molecule has 1 saturated carbocycles. The Kier molecular flexibility index (Phi) is 7.80. The number of alkyl halides is 6. The highest BCUT2D eigenvalue weighted by molar-refractivity contribution is 5.89. The number of aliphatic carboxylic acids is 1. The molecule has 3 rings (SSSR count). The van der Waals surface area contributed by atoms with Gasteiger partial charge in [0.15, 0.2) is 0 Å². The number of hydrogen-bond acceptors (Lipinski definition) is 3. The fraction of sp³-hybridized carbons (Fsp3) is 0.520. The summed E-state index contributed by atoms with van der Waals surface area (Å²) in [6.07, 6.45) is -10.6. The van der Waals surface area contributed by atoms with Crippen LogP contribution in [0, 0.1) is 5.92 Å². The normalized spacial score (nSPS) is 20.6. The van der Waals surface area contributed by atoms with Crippen molar-refractivity contribution in [2.75, 3.05) is 0 Å². The lowest BCUT2D eigenvalue weighted by Crippen LogP contribution is -2.42. The van der Waals surface area contributed by atoms with Crippen LogP contribution in [-0.2, 0) is 21.3 Å². The van der Waals surface area contributed by atoms with E-state index in [2.05, 4.69) is 5.32 Å². The zero-order valence-electron chi connectivity index (χ0n) is 19.7. The molecule has 5 nitrogen and oxygen atoms in total. The number of hydrogen-bond donors (Lipinski definition) is 2. The summed E-state index contributed by atoms with van der Waals surface area (Å²) in [7, 11) is 0. The Balaban J connectivity index is 1.96. The Labute approximate surface area is 203 Å². The summed E-state index contributed by atoms with van der Waals surface area (Å²) >= 11 is 0. The highest BCUT2D eigenvalue weighted by Gasteiger charge is 2.43. The molecule has 0 radical (unpaired) electrons. The lowest BCUT2D eigenvalue weighted by molar-refractivity contribution is -0.185. The molecule has 0 saturated heterocycles. The maximum Gasteiger partial charge on any atom is 0.420 e. The zero-order chi connectivity index (χ0) is 26.9. The maximum atomic E-state index is 14.1. The van der Waals surface area contributed by atoms with Gasteiger partial charge in [0.1, 0.15) is 11.3 Å². The van der Waals surface area contributed by atoms with Gasteiger partial charge in [-0.25, -0.2) is 0 Å². The van der Waals surface area contributed by atoms with Gasteiger partial charge in [0.05, 0.1) is 17.6 Å². The van der Waals surface area contributed by atoms with Crippen LogP contribution < -0.4 is 10.1 Å². The number of fused-ring (bicyclic) bond motifs is 1. The average Bonchev–Trinajstić information content (AvgIpc) is 2.75. The topological polar surface area (TPSA) is 75.6 Å². The number of carboxylic acid groups (broad SMARTS) is 1. The number of ether oxygens (including phenoxy) is 1. The molecule has 0 bridgehead atoms. The first-order chi connectivity index (χ1) is 16.6. The molecule has 11 heteroatoms. The molecule has 0 spiro atoms. The fourth-order valence-electron chi connectivity index (χ4n) is 4.76. The van der Waals surface area contributed by atoms with Gasteiger partial charge in [-0.1, -0.05) is 18.2 Å². The SMILES string of the molecule is CC(=O)NC(C)(CCC(=O)O)c1ccc2c(C(F)(F)F)c(OC3CCC(C(F)(F)F)CC3)ccc2c1. The largest absolute Gasteiger partial charge is 0.490 e. The van der Waals surface area contributed by atoms with Gasteiger partial charge < -0.3 is 15.2 Å². The highest BCUT2D eigenvalue weighted by Crippen LogP contribution is 2.44. The van der Waals surface area contributed by atoms with E-state index in [9.17, 15) is 35.9 Å². The van der Waals surface area contributed by atoms with Crippen LogP contribution in [0.1, 0.15) is 63.5 Å². The van der Waals surface area contributed by atoms with Gasteiger partial charge in [-0.3, -0.25) is 9.59 Å². The lowest BCUT2D eigenvalue weighted by atomic mass is 9.85. The number of carbonyl (C=O) groups is 2. The van der Waals surface area contributed by atoms with Crippen LogP contribution in [0.5, 0.6) is 5.75 Å². The number of rotatable bonds is 7. The molecule has 0 aromatic heterocycles. The van der Waals surface area contributed by atoms with Crippen molar-refractivity contribution in [3.8, 4) is 5.75 Å². The van der Waals surface area contributed by atoms with Crippen molar-refractivity contribution in [3.05, 3.63) is 41.5 Å². The average molecular weight is 519 g/mol. The zero-order valence-corrected chi connectivity index (χ0v) is 19.7. The summed E-state index contributed by atoms with van der Waals surface area (Å²) in [6, 6.07) is 6.66. The minimum absolute atomic E-state index is 0.00288. The number of nitrogens with one attached hydrogen (secondary N) is 1. The van der Waals surface area contributed by atoms with Gasteiger partial charge in [0.25, 0.3) is 0 Å². The number of benzene rings is 2. The van der Waals surface area contributed by atoms with Crippen molar-refractivity contribution in [2.45, 2.75) is 76.4 Å². The van der Waals surface area contributed by atoms with Gasteiger partial charge in [0, 0.05) is 13.3 Å². The number of carbonyl (C=O) groups excluding carboxylic acids is 1. The quantitative estimate of drug-likeness (QED) is 0.406. The molecule has 1 aliphatic rings. The highest BCUT2D eigenvalue weighted by atomic mass is 19.4. The third-order valence-corrected chi connectivity index (χ3v) is 6.62. The Morgan fingerprint density at radius 1 is 1.03 bits per heavy atom. The fourth-order valence-corrected chi connectivity index (χ4v) is 4.76. The van der Waals surface area contributed by atoms with Gasteiger partial charge in [0.2, 0.25) is 5.91 Å². The molecule has 36 heavy (non-hydrogen) atoms. The van der Waals surface area contributed by atoms with E-state index in [0.29, 0.717) is 5.56 Å². The van der Waals surface area contributed by atoms with Gasteiger partial charge >= 0.3 is 18.3 Å².